The number of nitro benzene ring substituents is 1. The van der Waals surface area contributed by atoms with E-state index in [1.807, 2.05) is 0 Å². The lowest BCUT2D eigenvalue weighted by atomic mass is 10.1. The minimum absolute atomic E-state index is 0.0521. The van der Waals surface area contributed by atoms with Gasteiger partial charge >= 0.3 is 0 Å². The summed E-state index contributed by atoms with van der Waals surface area (Å²) in [4.78, 5) is 9.71. The van der Waals surface area contributed by atoms with Crippen LogP contribution < -0.4 is 5.32 Å². The second kappa shape index (κ2) is 6.22. The molecule has 1 aromatic carbocycles. The maximum absolute atomic E-state index is 12.7. The molecule has 0 atom stereocenters. The highest BCUT2D eigenvalue weighted by Crippen LogP contribution is 2.30. The Bertz CT molecular complexity index is 424. The molecule has 18 heavy (non-hydrogen) atoms. The summed E-state index contributed by atoms with van der Waals surface area (Å²) in [5, 5.41) is 30.7. The summed E-state index contributed by atoms with van der Waals surface area (Å²) in [6.45, 7) is -0.896. The van der Waals surface area contributed by atoms with Crippen molar-refractivity contribution in [2.75, 3.05) is 18.5 Å². The van der Waals surface area contributed by atoms with Gasteiger partial charge in [-0.05, 0) is 6.07 Å². The minimum Gasteiger partial charge on any atom is -0.394 e. The van der Waals surface area contributed by atoms with E-state index in [1.54, 1.807) is 0 Å². The Morgan fingerprint density at radius 2 is 1.94 bits per heavy atom. The van der Waals surface area contributed by atoms with Crippen molar-refractivity contribution in [1.29, 1.82) is 0 Å². The molecule has 0 spiro atoms. The standard InChI is InChI=1S/C10H12F2N2O4/c11-10(12)8-3-7(14(17)18)1-2-9(8)13-6(4-15)5-16/h1-3,6,10,13,15-16H,4-5H2. The fourth-order valence-electron chi connectivity index (χ4n) is 1.34. The fraction of sp³-hybridized carbons (Fsp3) is 0.400. The zero-order chi connectivity index (χ0) is 13.7. The van der Waals surface area contributed by atoms with Crippen LogP contribution >= 0.6 is 0 Å². The number of alkyl halides is 2. The Morgan fingerprint density at radius 3 is 2.39 bits per heavy atom. The molecule has 0 aliphatic rings. The summed E-state index contributed by atoms with van der Waals surface area (Å²) in [5.74, 6) is 0. The van der Waals surface area contributed by atoms with Crippen molar-refractivity contribution in [3.05, 3.63) is 33.9 Å². The zero-order valence-corrected chi connectivity index (χ0v) is 9.22. The monoisotopic (exact) mass is 262 g/mol. The van der Waals surface area contributed by atoms with Gasteiger partial charge < -0.3 is 15.5 Å². The van der Waals surface area contributed by atoms with E-state index in [9.17, 15) is 18.9 Å². The van der Waals surface area contributed by atoms with Crippen molar-refractivity contribution in [3.8, 4) is 0 Å². The van der Waals surface area contributed by atoms with Gasteiger partial charge in [-0.15, -0.1) is 0 Å². The van der Waals surface area contributed by atoms with E-state index in [0.29, 0.717) is 0 Å². The Hall–Kier alpha value is -1.80. The Balaban J connectivity index is 3.07. The van der Waals surface area contributed by atoms with E-state index in [0.717, 1.165) is 18.2 Å². The molecular formula is C10H12F2N2O4. The predicted octanol–water partition coefficient (Wildman–Crippen LogP) is 1.30. The third-order valence-corrected chi connectivity index (χ3v) is 2.28. The molecule has 0 amide bonds. The van der Waals surface area contributed by atoms with Crippen LogP contribution in [0, 0.1) is 10.1 Å². The molecule has 0 saturated carbocycles. The molecule has 0 fully saturated rings. The number of nitrogens with zero attached hydrogens (tertiary/aromatic N) is 1. The van der Waals surface area contributed by atoms with Gasteiger partial charge in [0.05, 0.1) is 24.2 Å². The second-order valence-electron chi connectivity index (χ2n) is 3.54. The van der Waals surface area contributed by atoms with Crippen LogP contribution in [0.2, 0.25) is 0 Å². The fourth-order valence-corrected chi connectivity index (χ4v) is 1.34. The molecule has 1 rings (SSSR count). The second-order valence-corrected chi connectivity index (χ2v) is 3.54. The molecule has 0 saturated heterocycles. The highest BCUT2D eigenvalue weighted by atomic mass is 19.3. The molecule has 100 valence electrons. The van der Waals surface area contributed by atoms with Crippen LogP contribution in [-0.2, 0) is 0 Å². The number of nitro groups is 1. The summed E-state index contributed by atoms with van der Waals surface area (Å²) in [7, 11) is 0. The first-order valence-corrected chi connectivity index (χ1v) is 5.04. The molecule has 0 heterocycles. The number of halogens is 2. The van der Waals surface area contributed by atoms with Crippen molar-refractivity contribution in [3.63, 3.8) is 0 Å². The maximum Gasteiger partial charge on any atom is 0.270 e. The number of nitrogens with one attached hydrogen (secondary N) is 1. The van der Waals surface area contributed by atoms with E-state index in [4.69, 9.17) is 10.2 Å². The molecule has 0 bridgehead atoms. The molecule has 8 heteroatoms. The van der Waals surface area contributed by atoms with Crippen LogP contribution in [0.5, 0.6) is 0 Å². The lowest BCUT2D eigenvalue weighted by Crippen LogP contribution is -2.28. The minimum atomic E-state index is -2.90. The topological polar surface area (TPSA) is 95.6 Å². The summed E-state index contributed by atoms with van der Waals surface area (Å²) in [5.41, 5.74) is -1.04. The van der Waals surface area contributed by atoms with Crippen molar-refractivity contribution in [1.82, 2.24) is 0 Å². The van der Waals surface area contributed by atoms with Crippen molar-refractivity contribution >= 4 is 11.4 Å². The third-order valence-electron chi connectivity index (χ3n) is 2.28. The zero-order valence-electron chi connectivity index (χ0n) is 9.22. The molecule has 0 aromatic heterocycles. The predicted molar refractivity (Wildman–Crippen MR) is 59.6 cm³/mol. The van der Waals surface area contributed by atoms with Gasteiger partial charge in [0.25, 0.3) is 12.1 Å². The number of hydrogen-bond acceptors (Lipinski definition) is 5. The number of aliphatic hydroxyl groups excluding tert-OH is 2. The molecule has 3 N–H and O–H groups in total. The van der Waals surface area contributed by atoms with E-state index in [-0.39, 0.29) is 5.69 Å². The van der Waals surface area contributed by atoms with Crippen molar-refractivity contribution < 1.29 is 23.9 Å². The van der Waals surface area contributed by atoms with Gasteiger partial charge in [0.15, 0.2) is 0 Å². The highest BCUT2D eigenvalue weighted by molar-refractivity contribution is 5.57. The number of anilines is 1. The van der Waals surface area contributed by atoms with Crippen LogP contribution in [-0.4, -0.2) is 34.4 Å². The van der Waals surface area contributed by atoms with Gasteiger partial charge in [-0.2, -0.15) is 0 Å². The maximum atomic E-state index is 12.7. The quantitative estimate of drug-likeness (QED) is 0.530. The van der Waals surface area contributed by atoms with Gasteiger partial charge in [-0.25, -0.2) is 8.78 Å². The van der Waals surface area contributed by atoms with Gasteiger partial charge in [-0.3, -0.25) is 10.1 Å². The number of rotatable bonds is 6. The normalized spacial score (nSPS) is 11.0. The number of non-ortho nitro benzene ring substituents is 1. The largest absolute Gasteiger partial charge is 0.394 e. The SMILES string of the molecule is O=[N+]([O-])c1ccc(NC(CO)CO)c(C(F)F)c1. The molecule has 6 nitrogen and oxygen atoms in total. The lowest BCUT2D eigenvalue weighted by Gasteiger charge is -2.17. The average Bonchev–Trinajstić information content (AvgIpc) is 2.35. The van der Waals surface area contributed by atoms with Gasteiger partial charge in [0.2, 0.25) is 0 Å². The lowest BCUT2D eigenvalue weighted by molar-refractivity contribution is -0.385. The number of benzene rings is 1. The van der Waals surface area contributed by atoms with Gasteiger partial charge in [-0.1, -0.05) is 0 Å². The van der Waals surface area contributed by atoms with Crippen LogP contribution in [0.1, 0.15) is 12.0 Å². The van der Waals surface area contributed by atoms with E-state index < -0.39 is 41.9 Å². The molecule has 1 aromatic rings. The summed E-state index contributed by atoms with van der Waals surface area (Å²) in [6.07, 6.45) is -2.90. The smallest absolute Gasteiger partial charge is 0.270 e. The molecular weight excluding hydrogens is 250 g/mol. The van der Waals surface area contributed by atoms with E-state index in [1.165, 1.54) is 0 Å². The third kappa shape index (κ3) is 3.34. The van der Waals surface area contributed by atoms with Gasteiger partial charge in [0.1, 0.15) is 0 Å². The van der Waals surface area contributed by atoms with Crippen LogP contribution in [0.4, 0.5) is 20.2 Å². The first-order chi connectivity index (χ1) is 8.49. The van der Waals surface area contributed by atoms with E-state index in [2.05, 4.69) is 5.32 Å². The first kappa shape index (κ1) is 14.3. The summed E-state index contributed by atoms with van der Waals surface area (Å²) >= 11 is 0. The first-order valence-electron chi connectivity index (χ1n) is 5.04. The molecule has 0 radical (unpaired) electrons. The summed E-state index contributed by atoms with van der Waals surface area (Å²) in [6, 6.07) is 2.15. The summed E-state index contributed by atoms with van der Waals surface area (Å²) < 4.78 is 25.5. The molecule has 0 aliphatic carbocycles. The molecule has 0 aliphatic heterocycles. The van der Waals surface area contributed by atoms with Crippen LogP contribution in [0.15, 0.2) is 18.2 Å². The van der Waals surface area contributed by atoms with Crippen LogP contribution in [0.25, 0.3) is 0 Å². The Labute approximate surface area is 101 Å². The number of hydrogen-bond donors (Lipinski definition) is 3. The molecule has 0 unspecified atom stereocenters. The van der Waals surface area contributed by atoms with E-state index >= 15 is 0 Å². The Morgan fingerprint density at radius 1 is 1.33 bits per heavy atom. The van der Waals surface area contributed by atoms with Gasteiger partial charge in [0, 0.05) is 23.4 Å². The Kier molecular flexibility index (Phi) is 4.93. The number of aliphatic hydroxyl groups is 2. The highest BCUT2D eigenvalue weighted by Gasteiger charge is 2.19. The average molecular weight is 262 g/mol. The van der Waals surface area contributed by atoms with Crippen LogP contribution in [0.3, 0.4) is 0 Å². The van der Waals surface area contributed by atoms with Crippen molar-refractivity contribution in [2.24, 2.45) is 0 Å². The van der Waals surface area contributed by atoms with Crippen molar-refractivity contribution in [2.45, 2.75) is 12.5 Å².